The molecule has 0 radical (unpaired) electrons. The van der Waals surface area contributed by atoms with Gasteiger partial charge in [-0.25, -0.2) is 9.97 Å². The third-order valence-electron chi connectivity index (χ3n) is 3.15. The number of nitrogens with zero attached hydrogens (tertiary/aromatic N) is 4. The standard InChI is InChI=1S/C16H14N4OS2/c1-11-10-23-16(19-14(21)12-6-4-3-5-7-12)20(11)13-8-17-15(22-2)18-9-13/h3-10H,1-2H3. The number of thiazole rings is 1. The first-order chi connectivity index (χ1) is 11.2. The van der Waals surface area contributed by atoms with Crippen LogP contribution in [0, 0.1) is 6.92 Å². The summed E-state index contributed by atoms with van der Waals surface area (Å²) in [6, 6.07) is 9.04. The summed E-state index contributed by atoms with van der Waals surface area (Å²) in [6.45, 7) is 1.96. The molecular weight excluding hydrogens is 328 g/mol. The number of rotatable bonds is 3. The molecule has 0 aliphatic heterocycles. The van der Waals surface area contributed by atoms with Crippen LogP contribution in [0.2, 0.25) is 0 Å². The van der Waals surface area contributed by atoms with Crippen LogP contribution in [0.5, 0.6) is 0 Å². The zero-order valence-electron chi connectivity index (χ0n) is 12.6. The minimum absolute atomic E-state index is 0.261. The maximum atomic E-state index is 12.3. The highest BCUT2D eigenvalue weighted by molar-refractivity contribution is 7.98. The maximum absolute atomic E-state index is 12.3. The molecule has 0 spiro atoms. The fraction of sp³-hybridized carbons (Fsp3) is 0.125. The van der Waals surface area contributed by atoms with Crippen LogP contribution < -0.4 is 4.80 Å². The number of aromatic nitrogens is 3. The van der Waals surface area contributed by atoms with Gasteiger partial charge in [0.1, 0.15) is 0 Å². The second-order valence-corrected chi connectivity index (χ2v) is 6.32. The van der Waals surface area contributed by atoms with Gasteiger partial charge >= 0.3 is 0 Å². The molecule has 0 atom stereocenters. The van der Waals surface area contributed by atoms with Crippen molar-refractivity contribution in [1.29, 1.82) is 0 Å². The summed E-state index contributed by atoms with van der Waals surface area (Å²) in [4.78, 5) is 25.7. The number of aryl methyl sites for hydroxylation is 1. The smallest absolute Gasteiger partial charge is 0.279 e. The predicted molar refractivity (Wildman–Crippen MR) is 92.1 cm³/mol. The molecule has 3 rings (SSSR count). The molecule has 0 aliphatic carbocycles. The van der Waals surface area contributed by atoms with Crippen molar-refractivity contribution in [3.8, 4) is 5.69 Å². The van der Waals surface area contributed by atoms with E-state index in [1.165, 1.54) is 23.1 Å². The minimum Gasteiger partial charge on any atom is -0.287 e. The molecule has 0 saturated carbocycles. The van der Waals surface area contributed by atoms with E-state index in [0.717, 1.165) is 11.4 Å². The zero-order chi connectivity index (χ0) is 16.2. The maximum Gasteiger partial charge on any atom is 0.279 e. The number of carbonyl (C=O) groups is 1. The molecule has 0 bridgehead atoms. The Balaban J connectivity index is 2.04. The lowest BCUT2D eigenvalue weighted by molar-refractivity contribution is 0.0998. The van der Waals surface area contributed by atoms with Crippen molar-refractivity contribution in [2.45, 2.75) is 12.1 Å². The van der Waals surface area contributed by atoms with E-state index in [1.54, 1.807) is 24.5 Å². The molecular formula is C16H14N4OS2. The molecule has 1 aromatic carbocycles. The van der Waals surface area contributed by atoms with Crippen molar-refractivity contribution in [2.75, 3.05) is 6.26 Å². The molecule has 0 saturated heterocycles. The molecule has 23 heavy (non-hydrogen) atoms. The van der Waals surface area contributed by atoms with E-state index in [9.17, 15) is 4.79 Å². The molecule has 2 heterocycles. The van der Waals surface area contributed by atoms with E-state index in [0.29, 0.717) is 15.5 Å². The van der Waals surface area contributed by atoms with Crippen molar-refractivity contribution in [2.24, 2.45) is 4.99 Å². The molecule has 3 aromatic rings. The predicted octanol–water partition coefficient (Wildman–Crippen LogP) is 3.10. The molecule has 0 aliphatic rings. The van der Waals surface area contributed by atoms with E-state index < -0.39 is 0 Å². The summed E-state index contributed by atoms with van der Waals surface area (Å²) >= 11 is 2.90. The Morgan fingerprint density at radius 1 is 1.22 bits per heavy atom. The van der Waals surface area contributed by atoms with Crippen LogP contribution in [0.4, 0.5) is 0 Å². The zero-order valence-corrected chi connectivity index (χ0v) is 14.3. The first kappa shape index (κ1) is 15.6. The van der Waals surface area contributed by atoms with Crippen LogP contribution in [-0.2, 0) is 0 Å². The van der Waals surface area contributed by atoms with Gasteiger partial charge in [0.05, 0.1) is 18.1 Å². The van der Waals surface area contributed by atoms with Gasteiger partial charge in [-0.05, 0) is 25.3 Å². The first-order valence-corrected chi connectivity index (χ1v) is 8.97. The van der Waals surface area contributed by atoms with E-state index >= 15 is 0 Å². The van der Waals surface area contributed by atoms with Crippen LogP contribution in [0.1, 0.15) is 16.1 Å². The Labute approximate surface area is 141 Å². The third-order valence-corrected chi connectivity index (χ3v) is 4.67. The Hall–Kier alpha value is -2.25. The number of benzene rings is 1. The summed E-state index contributed by atoms with van der Waals surface area (Å²) in [6.07, 6.45) is 5.41. The molecule has 1 amide bonds. The van der Waals surface area contributed by atoms with Gasteiger partial charge in [-0.2, -0.15) is 4.99 Å². The molecule has 7 heteroatoms. The van der Waals surface area contributed by atoms with Crippen LogP contribution in [-0.4, -0.2) is 26.7 Å². The van der Waals surface area contributed by atoms with Crippen molar-refractivity contribution < 1.29 is 4.79 Å². The van der Waals surface area contributed by atoms with E-state index in [-0.39, 0.29) is 5.91 Å². The molecule has 116 valence electrons. The normalized spacial score (nSPS) is 11.7. The van der Waals surface area contributed by atoms with Gasteiger partial charge in [-0.3, -0.25) is 9.36 Å². The fourth-order valence-electron chi connectivity index (χ4n) is 2.05. The third kappa shape index (κ3) is 3.40. The number of carbonyl (C=O) groups excluding carboxylic acids is 1. The Bertz CT molecular complexity index is 882. The van der Waals surface area contributed by atoms with Crippen molar-refractivity contribution >= 4 is 29.0 Å². The Morgan fingerprint density at radius 3 is 2.57 bits per heavy atom. The Kier molecular flexibility index (Phi) is 4.68. The monoisotopic (exact) mass is 342 g/mol. The quantitative estimate of drug-likeness (QED) is 0.542. The summed E-state index contributed by atoms with van der Waals surface area (Å²) in [7, 11) is 0. The average Bonchev–Trinajstić information content (AvgIpc) is 2.96. The number of amides is 1. The molecule has 0 N–H and O–H groups in total. The highest BCUT2D eigenvalue weighted by atomic mass is 32.2. The van der Waals surface area contributed by atoms with E-state index in [2.05, 4.69) is 15.0 Å². The minimum atomic E-state index is -0.261. The topological polar surface area (TPSA) is 60.1 Å². The number of thioether (sulfide) groups is 1. The lowest BCUT2D eigenvalue weighted by Gasteiger charge is -2.05. The average molecular weight is 342 g/mol. The lowest BCUT2D eigenvalue weighted by Crippen LogP contribution is -2.17. The van der Waals surface area contributed by atoms with Crippen molar-refractivity contribution in [1.82, 2.24) is 14.5 Å². The fourth-order valence-corrected chi connectivity index (χ4v) is 3.24. The van der Waals surface area contributed by atoms with Gasteiger partial charge in [0, 0.05) is 16.6 Å². The van der Waals surface area contributed by atoms with Gasteiger partial charge in [0.2, 0.25) is 0 Å². The van der Waals surface area contributed by atoms with Crippen LogP contribution in [0.15, 0.2) is 58.3 Å². The molecule has 2 aromatic heterocycles. The molecule has 0 unspecified atom stereocenters. The van der Waals surface area contributed by atoms with Crippen molar-refractivity contribution in [3.05, 3.63) is 64.2 Å². The summed E-state index contributed by atoms with van der Waals surface area (Å²) in [5, 5.41) is 2.67. The van der Waals surface area contributed by atoms with Crippen LogP contribution in [0.25, 0.3) is 5.69 Å². The van der Waals surface area contributed by atoms with Gasteiger partial charge in [-0.15, -0.1) is 11.3 Å². The van der Waals surface area contributed by atoms with E-state index in [4.69, 9.17) is 0 Å². The summed E-state index contributed by atoms with van der Waals surface area (Å²) in [5.74, 6) is -0.261. The van der Waals surface area contributed by atoms with Gasteiger partial charge in [0.15, 0.2) is 9.96 Å². The largest absolute Gasteiger partial charge is 0.287 e. The SMILES string of the molecule is CSc1ncc(-n2c(C)csc2=NC(=O)c2ccccc2)cn1. The van der Waals surface area contributed by atoms with Crippen molar-refractivity contribution in [3.63, 3.8) is 0 Å². The van der Waals surface area contributed by atoms with Crippen LogP contribution in [0.3, 0.4) is 0 Å². The van der Waals surface area contributed by atoms with E-state index in [1.807, 2.05) is 41.3 Å². The number of hydrogen-bond acceptors (Lipinski definition) is 5. The second-order valence-electron chi connectivity index (χ2n) is 4.71. The highest BCUT2D eigenvalue weighted by Gasteiger charge is 2.08. The van der Waals surface area contributed by atoms with Crippen LogP contribution >= 0.6 is 23.1 Å². The second kappa shape index (κ2) is 6.89. The molecule has 0 fully saturated rings. The highest BCUT2D eigenvalue weighted by Crippen LogP contribution is 2.12. The molecule has 5 nitrogen and oxygen atoms in total. The Morgan fingerprint density at radius 2 is 1.91 bits per heavy atom. The summed E-state index contributed by atoms with van der Waals surface area (Å²) < 4.78 is 1.88. The summed E-state index contributed by atoms with van der Waals surface area (Å²) in [5.41, 5.74) is 2.34. The lowest BCUT2D eigenvalue weighted by atomic mass is 10.2. The van der Waals surface area contributed by atoms with Gasteiger partial charge in [0.25, 0.3) is 5.91 Å². The number of hydrogen-bond donors (Lipinski definition) is 0. The van der Waals surface area contributed by atoms with Gasteiger partial charge in [-0.1, -0.05) is 30.0 Å². The first-order valence-electron chi connectivity index (χ1n) is 6.86. The van der Waals surface area contributed by atoms with Gasteiger partial charge < -0.3 is 0 Å².